The highest BCUT2D eigenvalue weighted by atomic mass is 16.9. The highest BCUT2D eigenvalue weighted by Crippen LogP contribution is 2.77. The van der Waals surface area contributed by atoms with Crippen molar-refractivity contribution in [3.63, 3.8) is 0 Å². The lowest BCUT2D eigenvalue weighted by atomic mass is 9.53. The van der Waals surface area contributed by atoms with Gasteiger partial charge in [-0.1, -0.05) is 0 Å². The van der Waals surface area contributed by atoms with E-state index in [-0.39, 0.29) is 0 Å². The zero-order chi connectivity index (χ0) is 55.3. The Labute approximate surface area is 423 Å². The molecule has 8 aliphatic rings. The summed E-state index contributed by atoms with van der Waals surface area (Å²) in [4.78, 5) is 74.4. The maximum absolute atomic E-state index is 15.9. The number of carbonyl (C=O) groups is 5. The summed E-state index contributed by atoms with van der Waals surface area (Å²) in [5.41, 5.74) is -10.4. The van der Waals surface area contributed by atoms with Gasteiger partial charge in [0, 0.05) is 23.1 Å². The van der Waals surface area contributed by atoms with Crippen LogP contribution in [0, 0.1) is 5.41 Å². The van der Waals surface area contributed by atoms with Crippen LogP contribution in [0.15, 0.2) is 30.3 Å². The zero-order valence-corrected chi connectivity index (χ0v) is 38.0. The van der Waals surface area contributed by atoms with Crippen molar-refractivity contribution in [1.82, 2.24) is 0 Å². The number of aromatic hydroxyl groups is 11. The molecular formula is C46H36O31. The Kier molecular flexibility index (Phi) is 9.96. The van der Waals surface area contributed by atoms with Crippen molar-refractivity contribution in [2.24, 2.45) is 5.41 Å². The maximum atomic E-state index is 15.9. The van der Waals surface area contributed by atoms with E-state index in [0.29, 0.717) is 30.3 Å². The Morgan fingerprint density at radius 2 is 1.18 bits per heavy atom. The van der Waals surface area contributed by atoms with E-state index in [1.807, 2.05) is 0 Å². The van der Waals surface area contributed by atoms with Gasteiger partial charge in [0.15, 0.2) is 64.0 Å². The second-order valence-electron chi connectivity index (χ2n) is 19.1. The summed E-state index contributed by atoms with van der Waals surface area (Å²) in [6.45, 7) is -2.24. The van der Waals surface area contributed by atoms with E-state index in [9.17, 15) is 96.1 Å². The molecule has 77 heavy (non-hydrogen) atoms. The molecule has 4 saturated heterocycles. The molecule has 9 bridgehead atoms. The van der Waals surface area contributed by atoms with Crippen molar-refractivity contribution >= 4 is 29.8 Å². The van der Waals surface area contributed by atoms with Crippen molar-refractivity contribution in [3.8, 4) is 80.1 Å². The van der Waals surface area contributed by atoms with Gasteiger partial charge in [-0.2, -0.15) is 0 Å². The average Bonchev–Trinajstić information content (AvgIpc) is 2.35. The van der Waals surface area contributed by atoms with Gasteiger partial charge in [0.25, 0.3) is 0 Å². The van der Waals surface area contributed by atoms with Gasteiger partial charge in [-0.15, -0.1) is 0 Å². The van der Waals surface area contributed by atoms with Crippen molar-refractivity contribution in [3.05, 3.63) is 58.1 Å². The molecule has 31 nitrogen and oxygen atoms in total. The second kappa shape index (κ2) is 15.5. The zero-order valence-electron chi connectivity index (χ0n) is 38.0. The molecule has 16 N–H and O–H groups in total. The van der Waals surface area contributed by atoms with Crippen molar-refractivity contribution in [2.45, 2.75) is 84.5 Å². The quantitative estimate of drug-likeness (QED) is 0.0554. The first-order valence-electron chi connectivity index (χ1n) is 22.4. The van der Waals surface area contributed by atoms with Gasteiger partial charge in [0.1, 0.15) is 36.4 Å². The molecular weight excluding hydrogens is 1050 g/mol. The second-order valence-corrected chi connectivity index (χ2v) is 19.1. The van der Waals surface area contributed by atoms with Crippen molar-refractivity contribution in [2.75, 3.05) is 13.2 Å². The summed E-state index contributed by atoms with van der Waals surface area (Å²) in [6, 6.07) is 2.36. The largest absolute Gasteiger partial charge is 0.504 e. The minimum atomic E-state index is -3.81. The molecule has 1 saturated carbocycles. The van der Waals surface area contributed by atoms with Gasteiger partial charge in [0.05, 0.1) is 34.8 Å². The Balaban J connectivity index is 1.11. The number of fused-ring (bicyclic) bond motifs is 6. The van der Waals surface area contributed by atoms with Crippen LogP contribution in [0.1, 0.15) is 59.3 Å². The fourth-order valence-corrected chi connectivity index (χ4v) is 11.6. The number of cyclic esters (lactones) is 1. The maximum Gasteiger partial charge on any atom is 0.340 e. The number of carbonyl (C=O) groups excluding carboxylic acids is 5. The molecule has 0 unspecified atom stereocenters. The van der Waals surface area contributed by atoms with Crippen LogP contribution in [0.25, 0.3) is 11.1 Å². The minimum Gasteiger partial charge on any atom is -0.504 e. The molecule has 406 valence electrons. The molecule has 7 heterocycles. The van der Waals surface area contributed by atoms with Gasteiger partial charge < -0.3 is 129 Å². The van der Waals surface area contributed by atoms with Crippen LogP contribution in [-0.2, 0) is 47.4 Å². The molecule has 31 heteroatoms. The number of hydrogen-bond acceptors (Lipinski definition) is 31. The van der Waals surface area contributed by atoms with Crippen LogP contribution < -0.4 is 4.74 Å². The molecule has 5 fully saturated rings. The number of benzene rings is 4. The molecule has 2 spiro atoms. The van der Waals surface area contributed by atoms with Crippen LogP contribution in [-0.4, -0.2) is 197 Å². The summed E-state index contributed by atoms with van der Waals surface area (Å²) in [5.74, 6) is -41.2. The van der Waals surface area contributed by atoms with E-state index >= 15 is 9.59 Å². The van der Waals surface area contributed by atoms with Gasteiger partial charge in [-0.25, -0.2) is 19.2 Å². The number of hydrogen-bond donors (Lipinski definition) is 16. The van der Waals surface area contributed by atoms with E-state index < -0.39 is 241 Å². The molecule has 0 radical (unpaired) electrons. The van der Waals surface area contributed by atoms with Crippen LogP contribution in [0.4, 0.5) is 0 Å². The fraction of sp³-hybridized carbons (Fsp3) is 0.370. The SMILES string of the molecule is O=C(O[C@@H]1O[C@@H]2COC(=O)c3cc(O)c(O)c(O)c3-c3c(cc(O)c(O)c3O)C(=O)O[C@@H]3[C@H]1OC(=O)c1cc(O)c(O)c4c1[C@@H]1[C@@]5(C[C@@]6(O)O[C@]7(OC[C@H](O)[C@H]7O)[C@@H]5O[C@]1(O)[C@@]6(O)O4)C(=O)O[C@@H]32)c1cc(O)c(O)c(O)c1. The Bertz CT molecular complexity index is 3370. The number of phenolic OH excluding ortho intramolecular Hbond substituents is 11. The lowest BCUT2D eigenvalue weighted by Gasteiger charge is -2.62. The van der Waals surface area contributed by atoms with Crippen LogP contribution >= 0.6 is 0 Å². The normalized spacial score (nSPS) is 36.1. The first-order valence-corrected chi connectivity index (χ1v) is 22.4. The minimum absolute atomic E-state index is 0.357. The third-order valence-corrected chi connectivity index (χ3v) is 15.0. The van der Waals surface area contributed by atoms with Crippen molar-refractivity contribution < 1.29 is 153 Å². The molecule has 14 atom stereocenters. The Morgan fingerprint density at radius 1 is 0.623 bits per heavy atom. The fourth-order valence-electron chi connectivity index (χ4n) is 11.6. The highest BCUT2D eigenvalue weighted by molar-refractivity contribution is 6.08. The number of rotatable bonds is 2. The number of aliphatic hydroxyl groups is 5. The summed E-state index contributed by atoms with van der Waals surface area (Å²) in [6.07, 6.45) is -21.0. The number of aliphatic hydroxyl groups excluding tert-OH is 2. The van der Waals surface area contributed by atoms with E-state index in [1.165, 1.54) is 0 Å². The Hall–Kier alpha value is -8.53. The number of esters is 5. The van der Waals surface area contributed by atoms with Crippen LogP contribution in [0.3, 0.4) is 0 Å². The molecule has 4 aromatic rings. The number of ether oxygens (including phenoxy) is 10. The summed E-state index contributed by atoms with van der Waals surface area (Å²) >= 11 is 0. The van der Waals surface area contributed by atoms with Gasteiger partial charge >= 0.3 is 35.6 Å². The first kappa shape index (κ1) is 49.4. The van der Waals surface area contributed by atoms with Gasteiger partial charge in [0.2, 0.25) is 47.0 Å². The van der Waals surface area contributed by atoms with E-state index in [0.717, 1.165) is 0 Å². The first-order chi connectivity index (χ1) is 36.1. The smallest absolute Gasteiger partial charge is 0.340 e. The topological polar surface area (TPSA) is 501 Å². The van der Waals surface area contributed by atoms with E-state index in [4.69, 9.17) is 47.4 Å². The monoisotopic (exact) mass is 1080 g/mol. The van der Waals surface area contributed by atoms with E-state index in [1.54, 1.807) is 0 Å². The van der Waals surface area contributed by atoms with Crippen LogP contribution in [0.2, 0.25) is 0 Å². The number of phenols is 11. The van der Waals surface area contributed by atoms with Gasteiger partial charge in [-0.3, -0.25) is 4.79 Å². The molecule has 4 aromatic carbocycles. The molecule has 12 rings (SSSR count). The summed E-state index contributed by atoms with van der Waals surface area (Å²) in [7, 11) is 0. The average molecular weight is 1080 g/mol. The molecule has 0 amide bonds. The highest BCUT2D eigenvalue weighted by Gasteiger charge is 2.95. The van der Waals surface area contributed by atoms with Crippen molar-refractivity contribution in [1.29, 1.82) is 0 Å². The lowest BCUT2D eigenvalue weighted by Crippen LogP contribution is -2.83. The van der Waals surface area contributed by atoms with Crippen LogP contribution in [0.5, 0.6) is 69.0 Å². The lowest BCUT2D eigenvalue weighted by molar-refractivity contribution is -0.490. The Morgan fingerprint density at radius 3 is 1.79 bits per heavy atom. The third kappa shape index (κ3) is 6.06. The predicted molar refractivity (Wildman–Crippen MR) is 228 cm³/mol. The van der Waals surface area contributed by atoms with Gasteiger partial charge in [-0.05, 0) is 30.3 Å². The summed E-state index contributed by atoms with van der Waals surface area (Å²) < 4.78 is 58.2. The third-order valence-electron chi connectivity index (χ3n) is 15.0. The summed E-state index contributed by atoms with van der Waals surface area (Å²) in [5, 5.41) is 179. The molecule has 7 aliphatic heterocycles. The molecule has 0 aromatic heterocycles. The van der Waals surface area contributed by atoms with E-state index in [2.05, 4.69) is 0 Å². The molecule has 1 aliphatic carbocycles. The predicted octanol–water partition coefficient (Wildman–Crippen LogP) is -2.65. The standard InChI is InChI=1S/C46H36O31/c47-13-1-9(2-14(48)23(13)53)35(60)74-39-32-31-29(19(70-39)7-68-36(61)10-3-15(49)24(54)27(57)20(10)21-11(37(62)71-31)4-16(50)25(55)28(21)58)73-41(64)42-8-43(65)46(67)45(66,76-40(42)44(77-43)34(59)18(52)6-69-44)33(42)22-12(38(63)72-32)5-17(51)26(56)30(22)75-46/h1-5,18-19,29,31-34,39-40,47-59,65-67H,6-8H2/t18-,19+,29+,31-,32+,33+,34+,39-,40+,42+,43+,44-,45-,46-/m0/s1.